The predicted octanol–water partition coefficient (Wildman–Crippen LogP) is 3.85. The van der Waals surface area contributed by atoms with E-state index in [2.05, 4.69) is 41.1 Å². The Morgan fingerprint density at radius 1 is 1.13 bits per heavy atom. The monoisotopic (exact) mass is 428 g/mol. The molecule has 0 bridgehead atoms. The molecule has 1 aliphatic carbocycles. The number of carbonyl (C=O) groups excluding carboxylic acids is 1. The molecule has 3 rings (SSSR count). The molecule has 0 heterocycles. The fraction of sp³-hybridized carbons (Fsp3) is 0.458. The Balaban J connectivity index is 1.91. The van der Waals surface area contributed by atoms with Gasteiger partial charge in [-0.1, -0.05) is 68.4 Å². The van der Waals surface area contributed by atoms with E-state index in [1.807, 2.05) is 44.0 Å². The molecular weight excluding hydrogens is 396 g/mol. The Kier molecular flexibility index (Phi) is 6.68. The highest BCUT2D eigenvalue weighted by atomic mass is 32.2. The first kappa shape index (κ1) is 22.5. The number of likely N-dealkylation sites (N-methyl/N-ethyl adjacent to an activating group) is 1. The SMILES string of the molecule is CC(C)C(=O)N(C)[C@@]1(Cc2cccc(-c3ccccc3)c2)CC[C@H](NS(C)(=O)=O)C1. The Morgan fingerprint density at radius 2 is 1.80 bits per heavy atom. The summed E-state index contributed by atoms with van der Waals surface area (Å²) in [5.74, 6) is -0.0151. The molecule has 5 nitrogen and oxygen atoms in total. The van der Waals surface area contributed by atoms with Crippen molar-refractivity contribution >= 4 is 15.9 Å². The lowest BCUT2D eigenvalue weighted by Crippen LogP contribution is -2.51. The minimum atomic E-state index is -3.29. The van der Waals surface area contributed by atoms with Crippen molar-refractivity contribution in [3.05, 3.63) is 60.2 Å². The van der Waals surface area contributed by atoms with Crippen molar-refractivity contribution in [2.24, 2.45) is 5.92 Å². The number of amides is 1. The molecule has 1 N–H and O–H groups in total. The summed E-state index contributed by atoms with van der Waals surface area (Å²) in [5, 5.41) is 0. The van der Waals surface area contributed by atoms with Crippen LogP contribution >= 0.6 is 0 Å². The lowest BCUT2D eigenvalue weighted by atomic mass is 9.85. The number of sulfonamides is 1. The number of rotatable bonds is 7. The zero-order valence-electron chi connectivity index (χ0n) is 18.3. The average Bonchev–Trinajstić information content (AvgIpc) is 3.09. The molecule has 0 aromatic heterocycles. The van der Waals surface area contributed by atoms with Gasteiger partial charge < -0.3 is 4.90 Å². The minimum absolute atomic E-state index is 0.0919. The van der Waals surface area contributed by atoms with Gasteiger partial charge in [-0.15, -0.1) is 0 Å². The van der Waals surface area contributed by atoms with Crippen LogP contribution in [0, 0.1) is 5.92 Å². The summed E-state index contributed by atoms with van der Waals surface area (Å²) in [7, 11) is -1.42. The molecule has 1 saturated carbocycles. The largest absolute Gasteiger partial charge is 0.339 e. The third-order valence-corrected chi connectivity index (χ3v) is 6.83. The Morgan fingerprint density at radius 3 is 2.43 bits per heavy atom. The standard InChI is InChI=1S/C24H32N2O3S/c1-18(2)23(27)26(3)24(14-13-22(17-24)25-30(4,28)29)16-19-9-8-12-21(15-19)20-10-6-5-7-11-20/h5-12,15,18,22,25H,13-14,16-17H2,1-4H3/t22-,24+/m0/s1. The summed E-state index contributed by atoms with van der Waals surface area (Å²) < 4.78 is 26.3. The van der Waals surface area contributed by atoms with Crippen LogP contribution in [0.15, 0.2) is 54.6 Å². The average molecular weight is 429 g/mol. The second kappa shape index (κ2) is 8.90. The first-order valence-electron chi connectivity index (χ1n) is 10.5. The second-order valence-electron chi connectivity index (χ2n) is 8.85. The summed E-state index contributed by atoms with van der Waals surface area (Å²) in [4.78, 5) is 14.8. The van der Waals surface area contributed by atoms with Gasteiger partial charge in [-0.2, -0.15) is 0 Å². The van der Waals surface area contributed by atoms with Crippen LogP contribution in [-0.4, -0.2) is 44.1 Å². The van der Waals surface area contributed by atoms with Crippen LogP contribution in [0.1, 0.15) is 38.7 Å². The smallest absolute Gasteiger partial charge is 0.225 e. The van der Waals surface area contributed by atoms with E-state index in [1.165, 1.54) is 6.26 Å². The summed E-state index contributed by atoms with van der Waals surface area (Å²) in [5.41, 5.74) is 3.05. The topological polar surface area (TPSA) is 66.5 Å². The molecule has 0 aliphatic heterocycles. The third kappa shape index (κ3) is 5.29. The van der Waals surface area contributed by atoms with Crippen LogP contribution in [0.4, 0.5) is 0 Å². The Labute approximate surface area is 180 Å². The van der Waals surface area contributed by atoms with Gasteiger partial charge in [0.15, 0.2) is 0 Å². The van der Waals surface area contributed by atoms with Crippen LogP contribution in [-0.2, 0) is 21.2 Å². The number of hydrogen-bond donors (Lipinski definition) is 1. The maximum atomic E-state index is 12.9. The van der Waals surface area contributed by atoms with Crippen LogP contribution in [0.3, 0.4) is 0 Å². The molecule has 0 radical (unpaired) electrons. The van der Waals surface area contributed by atoms with Crippen molar-refractivity contribution in [3.63, 3.8) is 0 Å². The first-order valence-corrected chi connectivity index (χ1v) is 12.4. The number of hydrogen-bond acceptors (Lipinski definition) is 3. The van der Waals surface area contributed by atoms with Crippen molar-refractivity contribution in [2.45, 2.75) is 51.1 Å². The molecule has 162 valence electrons. The molecule has 2 aromatic carbocycles. The Bertz CT molecular complexity index is 989. The maximum Gasteiger partial charge on any atom is 0.225 e. The summed E-state index contributed by atoms with van der Waals surface area (Å²) in [6, 6.07) is 18.5. The molecular formula is C24H32N2O3S. The molecule has 30 heavy (non-hydrogen) atoms. The third-order valence-electron chi connectivity index (χ3n) is 6.07. The van der Waals surface area contributed by atoms with E-state index in [0.717, 1.165) is 29.5 Å². The van der Waals surface area contributed by atoms with Crippen molar-refractivity contribution in [1.29, 1.82) is 0 Å². The highest BCUT2D eigenvalue weighted by Crippen LogP contribution is 2.39. The first-order chi connectivity index (χ1) is 14.1. The molecule has 1 aliphatic rings. The van der Waals surface area contributed by atoms with E-state index in [-0.39, 0.29) is 17.9 Å². The fourth-order valence-corrected chi connectivity index (χ4v) is 5.39. The van der Waals surface area contributed by atoms with Gasteiger partial charge in [0, 0.05) is 24.5 Å². The van der Waals surface area contributed by atoms with Crippen molar-refractivity contribution in [2.75, 3.05) is 13.3 Å². The summed E-state index contributed by atoms with van der Waals surface area (Å²) in [6.07, 6.45) is 4.00. The van der Waals surface area contributed by atoms with E-state index in [9.17, 15) is 13.2 Å². The van der Waals surface area contributed by atoms with Crippen LogP contribution in [0.5, 0.6) is 0 Å². The summed E-state index contributed by atoms with van der Waals surface area (Å²) in [6.45, 7) is 3.81. The van der Waals surface area contributed by atoms with E-state index >= 15 is 0 Å². The normalized spacial score (nSPS) is 21.7. The van der Waals surface area contributed by atoms with E-state index in [0.29, 0.717) is 12.8 Å². The second-order valence-corrected chi connectivity index (χ2v) is 10.6. The lowest BCUT2D eigenvalue weighted by molar-refractivity contribution is -0.139. The van der Waals surface area contributed by atoms with E-state index in [4.69, 9.17) is 0 Å². The van der Waals surface area contributed by atoms with E-state index in [1.54, 1.807) is 0 Å². The zero-order valence-corrected chi connectivity index (χ0v) is 19.1. The molecule has 2 aromatic rings. The van der Waals surface area contributed by atoms with Crippen molar-refractivity contribution in [1.82, 2.24) is 9.62 Å². The van der Waals surface area contributed by atoms with Gasteiger partial charge in [0.2, 0.25) is 15.9 Å². The van der Waals surface area contributed by atoms with Crippen LogP contribution in [0.25, 0.3) is 11.1 Å². The van der Waals surface area contributed by atoms with Crippen LogP contribution in [0.2, 0.25) is 0 Å². The van der Waals surface area contributed by atoms with Crippen molar-refractivity contribution < 1.29 is 13.2 Å². The van der Waals surface area contributed by atoms with Crippen molar-refractivity contribution in [3.8, 4) is 11.1 Å². The van der Waals surface area contributed by atoms with Gasteiger partial charge in [-0.25, -0.2) is 13.1 Å². The number of carbonyl (C=O) groups is 1. The minimum Gasteiger partial charge on any atom is -0.339 e. The molecule has 1 amide bonds. The Hall–Kier alpha value is -2.18. The van der Waals surface area contributed by atoms with Gasteiger partial charge in [-0.05, 0) is 42.4 Å². The molecule has 1 fully saturated rings. The molecule has 6 heteroatoms. The maximum absolute atomic E-state index is 12.9. The molecule has 0 spiro atoms. The molecule has 0 saturated heterocycles. The zero-order chi connectivity index (χ0) is 21.9. The lowest BCUT2D eigenvalue weighted by Gasteiger charge is -2.40. The quantitative estimate of drug-likeness (QED) is 0.728. The summed E-state index contributed by atoms with van der Waals surface area (Å²) >= 11 is 0. The van der Waals surface area contributed by atoms with Gasteiger partial charge in [0.25, 0.3) is 0 Å². The van der Waals surface area contributed by atoms with Gasteiger partial charge in [0.1, 0.15) is 0 Å². The van der Waals surface area contributed by atoms with Crippen LogP contribution < -0.4 is 4.72 Å². The number of nitrogens with zero attached hydrogens (tertiary/aromatic N) is 1. The molecule has 0 unspecified atom stereocenters. The van der Waals surface area contributed by atoms with Gasteiger partial charge in [0.05, 0.1) is 6.26 Å². The highest BCUT2D eigenvalue weighted by Gasteiger charge is 2.45. The highest BCUT2D eigenvalue weighted by molar-refractivity contribution is 7.88. The molecule has 2 atom stereocenters. The number of nitrogens with one attached hydrogen (secondary N) is 1. The fourth-order valence-electron chi connectivity index (χ4n) is 4.59. The van der Waals surface area contributed by atoms with Gasteiger partial charge in [-0.3, -0.25) is 4.79 Å². The predicted molar refractivity (Wildman–Crippen MR) is 122 cm³/mol. The van der Waals surface area contributed by atoms with Gasteiger partial charge >= 0.3 is 0 Å². The number of benzene rings is 2. The van der Waals surface area contributed by atoms with E-state index < -0.39 is 15.6 Å².